The first-order valence-electron chi connectivity index (χ1n) is 7.12. The number of benzene rings is 1. The lowest BCUT2D eigenvalue weighted by atomic mass is 9.97. The second kappa shape index (κ2) is 6.03. The first-order chi connectivity index (χ1) is 10.1. The largest absolute Gasteiger partial charge is 0.311 e. The molecule has 0 saturated carbocycles. The lowest BCUT2D eigenvalue weighted by Crippen LogP contribution is -2.27. The van der Waals surface area contributed by atoms with Crippen molar-refractivity contribution in [2.75, 3.05) is 6.54 Å². The maximum Gasteiger partial charge on any atom is 0.159 e. The molecule has 0 bridgehead atoms. The van der Waals surface area contributed by atoms with Crippen LogP contribution in [0, 0.1) is 0 Å². The maximum atomic E-state index is 6.07. The minimum atomic E-state index is 0.398. The molecule has 1 aromatic carbocycles. The monoisotopic (exact) mass is 365 g/mol. The molecule has 0 fully saturated rings. The first kappa shape index (κ1) is 14.9. The highest BCUT2D eigenvalue weighted by molar-refractivity contribution is 9.10. The van der Waals surface area contributed by atoms with Crippen LogP contribution in [0.5, 0.6) is 0 Å². The molecule has 0 radical (unpaired) electrons. The fraction of sp³-hybridized carbons (Fsp3) is 0.375. The van der Waals surface area contributed by atoms with Gasteiger partial charge in [0.2, 0.25) is 0 Å². The van der Waals surface area contributed by atoms with E-state index < -0.39 is 0 Å². The molecule has 1 aromatic heterocycles. The van der Waals surface area contributed by atoms with Gasteiger partial charge in [-0.25, -0.2) is 9.97 Å². The molecule has 21 heavy (non-hydrogen) atoms. The molecule has 2 heterocycles. The van der Waals surface area contributed by atoms with Gasteiger partial charge in [0.05, 0.1) is 16.4 Å². The Balaban J connectivity index is 2.14. The van der Waals surface area contributed by atoms with E-state index in [-0.39, 0.29) is 0 Å². The summed E-state index contributed by atoms with van der Waals surface area (Å²) in [6, 6.07) is 5.82. The van der Waals surface area contributed by atoms with Gasteiger partial charge >= 0.3 is 0 Å². The molecule has 5 heteroatoms. The molecule has 1 N–H and O–H groups in total. The van der Waals surface area contributed by atoms with Crippen molar-refractivity contribution >= 4 is 27.5 Å². The fourth-order valence-corrected chi connectivity index (χ4v) is 3.13. The molecule has 0 unspecified atom stereocenters. The minimum Gasteiger partial charge on any atom is -0.311 e. The second-order valence-corrected chi connectivity index (χ2v) is 6.83. The number of halogens is 2. The van der Waals surface area contributed by atoms with Crippen LogP contribution >= 0.6 is 27.5 Å². The number of fused-ring (bicyclic) bond motifs is 1. The van der Waals surface area contributed by atoms with Crippen molar-refractivity contribution in [3.63, 3.8) is 0 Å². The van der Waals surface area contributed by atoms with Gasteiger partial charge in [-0.05, 0) is 58.6 Å². The maximum absolute atomic E-state index is 6.07. The van der Waals surface area contributed by atoms with Crippen LogP contribution in [0.25, 0.3) is 11.4 Å². The van der Waals surface area contributed by atoms with E-state index in [1.807, 2.05) is 18.2 Å². The van der Waals surface area contributed by atoms with Crippen molar-refractivity contribution in [3.05, 3.63) is 44.6 Å². The summed E-state index contributed by atoms with van der Waals surface area (Å²) in [5.74, 6) is 1.17. The predicted octanol–water partition coefficient (Wildman–Crippen LogP) is 4.33. The summed E-state index contributed by atoms with van der Waals surface area (Å²) >= 11 is 9.53. The summed E-state index contributed by atoms with van der Waals surface area (Å²) in [6.45, 7) is 6.19. The molecule has 0 saturated heterocycles. The molecule has 0 amide bonds. The highest BCUT2D eigenvalue weighted by Crippen LogP contribution is 2.30. The Bertz CT molecular complexity index is 685. The van der Waals surface area contributed by atoms with Gasteiger partial charge in [0.1, 0.15) is 0 Å². The Morgan fingerprint density at radius 3 is 2.81 bits per heavy atom. The molecular weight excluding hydrogens is 350 g/mol. The van der Waals surface area contributed by atoms with E-state index in [1.165, 1.54) is 11.3 Å². The van der Waals surface area contributed by atoms with Crippen molar-refractivity contribution in [2.24, 2.45) is 0 Å². The molecule has 110 valence electrons. The smallest absolute Gasteiger partial charge is 0.159 e. The summed E-state index contributed by atoms with van der Waals surface area (Å²) in [4.78, 5) is 9.58. The fourth-order valence-electron chi connectivity index (χ4n) is 2.63. The number of rotatable bonds is 2. The van der Waals surface area contributed by atoms with Crippen LogP contribution in [0.3, 0.4) is 0 Å². The van der Waals surface area contributed by atoms with Crippen molar-refractivity contribution in [1.29, 1.82) is 0 Å². The van der Waals surface area contributed by atoms with Gasteiger partial charge in [-0.1, -0.05) is 25.4 Å². The van der Waals surface area contributed by atoms with Gasteiger partial charge in [0, 0.05) is 16.6 Å². The molecule has 0 spiro atoms. The average molecular weight is 367 g/mol. The molecule has 3 nitrogen and oxygen atoms in total. The van der Waals surface area contributed by atoms with E-state index in [2.05, 4.69) is 35.1 Å². The standard InChI is InChI=1S/C16H17BrClN3/c1-9(2)15-11-5-6-19-8-14(11)20-16(21-15)10-3-4-13(18)12(17)7-10/h3-4,7,9,19H,5-6,8H2,1-2H3. The van der Waals surface area contributed by atoms with Crippen molar-refractivity contribution in [3.8, 4) is 11.4 Å². The molecule has 3 rings (SSSR count). The highest BCUT2D eigenvalue weighted by atomic mass is 79.9. The third-order valence-electron chi connectivity index (χ3n) is 3.69. The Labute approximate surface area is 138 Å². The number of nitrogens with one attached hydrogen (secondary N) is 1. The third kappa shape index (κ3) is 2.98. The van der Waals surface area contributed by atoms with Crippen LogP contribution in [0.2, 0.25) is 5.02 Å². The minimum absolute atomic E-state index is 0.398. The number of aromatic nitrogens is 2. The summed E-state index contributed by atoms with van der Waals surface area (Å²) < 4.78 is 0.868. The van der Waals surface area contributed by atoms with Crippen LogP contribution in [0.15, 0.2) is 22.7 Å². The highest BCUT2D eigenvalue weighted by Gasteiger charge is 2.20. The predicted molar refractivity (Wildman–Crippen MR) is 89.7 cm³/mol. The Kier molecular flexibility index (Phi) is 4.29. The van der Waals surface area contributed by atoms with E-state index in [0.717, 1.165) is 41.1 Å². The van der Waals surface area contributed by atoms with Crippen LogP contribution in [0.4, 0.5) is 0 Å². The van der Waals surface area contributed by atoms with E-state index in [1.54, 1.807) is 0 Å². The second-order valence-electron chi connectivity index (χ2n) is 5.57. The van der Waals surface area contributed by atoms with Crippen LogP contribution in [-0.2, 0) is 13.0 Å². The summed E-state index contributed by atoms with van der Waals surface area (Å²) in [6.07, 6.45) is 1.01. The lowest BCUT2D eigenvalue weighted by Gasteiger charge is -2.21. The summed E-state index contributed by atoms with van der Waals surface area (Å²) in [7, 11) is 0. The van der Waals surface area contributed by atoms with E-state index in [4.69, 9.17) is 21.6 Å². The van der Waals surface area contributed by atoms with Gasteiger partial charge in [0.25, 0.3) is 0 Å². The number of hydrogen-bond acceptors (Lipinski definition) is 3. The zero-order chi connectivity index (χ0) is 15.0. The van der Waals surface area contributed by atoms with Gasteiger partial charge in [-0.2, -0.15) is 0 Å². The van der Waals surface area contributed by atoms with E-state index in [9.17, 15) is 0 Å². The molecule has 1 aliphatic heterocycles. The van der Waals surface area contributed by atoms with Crippen molar-refractivity contribution in [1.82, 2.24) is 15.3 Å². The summed E-state index contributed by atoms with van der Waals surface area (Å²) in [5.41, 5.74) is 4.60. The normalized spacial score (nSPS) is 14.3. The van der Waals surface area contributed by atoms with Gasteiger partial charge < -0.3 is 5.32 Å². The Morgan fingerprint density at radius 2 is 2.10 bits per heavy atom. The van der Waals surface area contributed by atoms with Crippen molar-refractivity contribution < 1.29 is 0 Å². The molecular formula is C16H17BrClN3. The molecule has 0 atom stereocenters. The van der Waals surface area contributed by atoms with Crippen LogP contribution in [0.1, 0.15) is 36.7 Å². The third-order valence-corrected chi connectivity index (χ3v) is 4.91. The zero-order valence-corrected chi connectivity index (χ0v) is 14.4. The number of nitrogens with zero attached hydrogens (tertiary/aromatic N) is 2. The Hall–Kier alpha value is -0.970. The average Bonchev–Trinajstić information content (AvgIpc) is 2.48. The molecule has 2 aromatic rings. The lowest BCUT2D eigenvalue weighted by molar-refractivity contribution is 0.609. The van der Waals surface area contributed by atoms with Crippen LogP contribution < -0.4 is 5.32 Å². The van der Waals surface area contributed by atoms with Gasteiger partial charge in [-0.3, -0.25) is 0 Å². The molecule has 1 aliphatic rings. The quantitative estimate of drug-likeness (QED) is 0.859. The number of hydrogen-bond donors (Lipinski definition) is 1. The van der Waals surface area contributed by atoms with E-state index >= 15 is 0 Å². The first-order valence-corrected chi connectivity index (χ1v) is 8.29. The zero-order valence-electron chi connectivity index (χ0n) is 12.1. The topological polar surface area (TPSA) is 37.8 Å². The van der Waals surface area contributed by atoms with Gasteiger partial charge in [-0.15, -0.1) is 0 Å². The van der Waals surface area contributed by atoms with Gasteiger partial charge in [0.15, 0.2) is 5.82 Å². The van der Waals surface area contributed by atoms with Crippen molar-refractivity contribution in [2.45, 2.75) is 32.7 Å². The summed E-state index contributed by atoms with van der Waals surface area (Å²) in [5, 5.41) is 4.08. The Morgan fingerprint density at radius 1 is 1.29 bits per heavy atom. The SMILES string of the molecule is CC(C)c1nc(-c2ccc(Cl)c(Br)c2)nc2c1CCNC2. The molecule has 0 aliphatic carbocycles. The van der Waals surface area contributed by atoms with E-state index in [0.29, 0.717) is 10.9 Å². The van der Waals surface area contributed by atoms with Crippen LogP contribution in [-0.4, -0.2) is 16.5 Å².